The Morgan fingerprint density at radius 1 is 1.64 bits per heavy atom. The molecule has 1 unspecified atom stereocenters. The van der Waals surface area contributed by atoms with E-state index < -0.39 is 0 Å². The normalized spacial score (nSPS) is 12.8. The van der Waals surface area contributed by atoms with E-state index in [2.05, 4.69) is 24.1 Å². The van der Waals surface area contributed by atoms with Gasteiger partial charge in [0.25, 0.3) is 0 Å². The van der Waals surface area contributed by atoms with Gasteiger partial charge < -0.3 is 11.1 Å². The topological polar surface area (TPSA) is 50.9 Å². The minimum absolute atomic E-state index is 0.196. The van der Waals surface area contributed by atoms with E-state index in [-0.39, 0.29) is 6.04 Å². The molecule has 0 saturated heterocycles. The predicted octanol–water partition coefficient (Wildman–Crippen LogP) is 2.38. The van der Waals surface area contributed by atoms with E-state index in [0.717, 1.165) is 18.5 Å². The maximum Gasteiger partial charge on any atom is 0.128 e. The summed E-state index contributed by atoms with van der Waals surface area (Å²) in [6.07, 6.45) is 2.66. The van der Waals surface area contributed by atoms with Crippen molar-refractivity contribution in [1.29, 1.82) is 0 Å². The van der Waals surface area contributed by atoms with Crippen molar-refractivity contribution in [2.75, 3.05) is 12.3 Å². The van der Waals surface area contributed by atoms with E-state index in [9.17, 15) is 0 Å². The highest BCUT2D eigenvalue weighted by molar-refractivity contribution is 6.30. The molecule has 0 bridgehead atoms. The number of halogens is 1. The van der Waals surface area contributed by atoms with Crippen molar-refractivity contribution < 1.29 is 0 Å². The predicted molar refractivity (Wildman–Crippen MR) is 60.4 cm³/mol. The molecule has 0 fully saturated rings. The third-order valence-corrected chi connectivity index (χ3v) is 2.29. The maximum absolute atomic E-state index is 5.85. The van der Waals surface area contributed by atoms with Crippen LogP contribution in [0.2, 0.25) is 5.02 Å². The Kier molecular flexibility index (Phi) is 4.17. The molecule has 1 atom stereocenters. The molecular weight excluding hydrogens is 198 g/mol. The summed E-state index contributed by atoms with van der Waals surface area (Å²) >= 11 is 5.85. The Balaban J connectivity index is 2.77. The van der Waals surface area contributed by atoms with Crippen LogP contribution in [0.5, 0.6) is 0 Å². The fraction of sp³-hybridized carbons (Fsp3) is 0.500. The SMILES string of the molecule is CCCNC(C)c1cc(Cl)cnc1N. The Bertz CT molecular complexity index is 301. The van der Waals surface area contributed by atoms with Crippen LogP contribution in [-0.4, -0.2) is 11.5 Å². The minimum atomic E-state index is 0.196. The molecule has 3 nitrogen and oxygen atoms in total. The van der Waals surface area contributed by atoms with Gasteiger partial charge >= 0.3 is 0 Å². The Labute approximate surface area is 89.7 Å². The van der Waals surface area contributed by atoms with Crippen LogP contribution in [0.1, 0.15) is 31.9 Å². The summed E-state index contributed by atoms with van der Waals surface area (Å²) in [7, 11) is 0. The third kappa shape index (κ3) is 2.86. The van der Waals surface area contributed by atoms with Gasteiger partial charge in [0.1, 0.15) is 5.82 Å². The summed E-state index contributed by atoms with van der Waals surface area (Å²) in [6, 6.07) is 2.05. The Morgan fingerprint density at radius 2 is 2.36 bits per heavy atom. The van der Waals surface area contributed by atoms with E-state index >= 15 is 0 Å². The van der Waals surface area contributed by atoms with Crippen molar-refractivity contribution in [3.63, 3.8) is 0 Å². The second-order valence-corrected chi connectivity index (χ2v) is 3.74. The molecule has 1 aromatic heterocycles. The molecule has 0 aliphatic carbocycles. The van der Waals surface area contributed by atoms with Gasteiger partial charge in [-0.05, 0) is 26.0 Å². The highest BCUT2D eigenvalue weighted by Crippen LogP contribution is 2.21. The van der Waals surface area contributed by atoms with Crippen molar-refractivity contribution >= 4 is 17.4 Å². The second kappa shape index (κ2) is 5.17. The van der Waals surface area contributed by atoms with Gasteiger partial charge in [-0.25, -0.2) is 4.98 Å². The number of nitrogen functional groups attached to an aromatic ring is 1. The molecular formula is C10H16ClN3. The molecule has 3 N–H and O–H groups in total. The van der Waals surface area contributed by atoms with Gasteiger partial charge in [-0.1, -0.05) is 18.5 Å². The molecule has 0 aliphatic heterocycles. The molecule has 0 amide bonds. The number of pyridine rings is 1. The molecule has 1 rings (SSSR count). The first-order chi connectivity index (χ1) is 6.65. The number of hydrogen-bond donors (Lipinski definition) is 2. The lowest BCUT2D eigenvalue weighted by Gasteiger charge is -2.15. The minimum Gasteiger partial charge on any atom is -0.383 e. The van der Waals surface area contributed by atoms with Gasteiger partial charge in [-0.3, -0.25) is 0 Å². The summed E-state index contributed by atoms with van der Waals surface area (Å²) in [5.74, 6) is 0.547. The maximum atomic E-state index is 5.85. The summed E-state index contributed by atoms with van der Waals surface area (Å²) in [5.41, 5.74) is 6.72. The first-order valence-electron chi connectivity index (χ1n) is 4.79. The van der Waals surface area contributed by atoms with Gasteiger partial charge in [0.2, 0.25) is 0 Å². The number of hydrogen-bond acceptors (Lipinski definition) is 3. The zero-order valence-corrected chi connectivity index (χ0v) is 9.30. The molecule has 1 aromatic rings. The molecule has 4 heteroatoms. The monoisotopic (exact) mass is 213 g/mol. The van der Waals surface area contributed by atoms with Crippen molar-refractivity contribution in [1.82, 2.24) is 10.3 Å². The van der Waals surface area contributed by atoms with Crippen LogP contribution in [0.15, 0.2) is 12.3 Å². The number of nitrogens with two attached hydrogens (primary N) is 1. The average molecular weight is 214 g/mol. The first kappa shape index (κ1) is 11.3. The van der Waals surface area contributed by atoms with Gasteiger partial charge in [-0.15, -0.1) is 0 Å². The van der Waals surface area contributed by atoms with Crippen LogP contribution in [0.25, 0.3) is 0 Å². The van der Waals surface area contributed by atoms with Gasteiger partial charge in [-0.2, -0.15) is 0 Å². The molecule has 0 aromatic carbocycles. The smallest absolute Gasteiger partial charge is 0.128 e. The van der Waals surface area contributed by atoms with Crippen molar-refractivity contribution in [3.8, 4) is 0 Å². The highest BCUT2D eigenvalue weighted by atomic mass is 35.5. The molecule has 14 heavy (non-hydrogen) atoms. The Morgan fingerprint density at radius 3 is 3.00 bits per heavy atom. The number of nitrogens with one attached hydrogen (secondary N) is 1. The summed E-state index contributed by atoms with van der Waals surface area (Å²) in [4.78, 5) is 4.01. The largest absolute Gasteiger partial charge is 0.383 e. The van der Waals surface area contributed by atoms with Crippen LogP contribution < -0.4 is 11.1 Å². The fourth-order valence-corrected chi connectivity index (χ4v) is 1.45. The summed E-state index contributed by atoms with van der Waals surface area (Å²) < 4.78 is 0. The van der Waals surface area contributed by atoms with Crippen molar-refractivity contribution in [2.45, 2.75) is 26.3 Å². The molecule has 0 spiro atoms. The van der Waals surface area contributed by atoms with Crippen LogP contribution in [0, 0.1) is 0 Å². The lowest BCUT2D eigenvalue weighted by Crippen LogP contribution is -2.20. The van der Waals surface area contributed by atoms with Crippen LogP contribution in [0.3, 0.4) is 0 Å². The molecule has 0 saturated carbocycles. The molecule has 78 valence electrons. The number of nitrogens with zero attached hydrogens (tertiary/aromatic N) is 1. The van der Waals surface area contributed by atoms with Crippen LogP contribution in [-0.2, 0) is 0 Å². The zero-order valence-electron chi connectivity index (χ0n) is 8.55. The van der Waals surface area contributed by atoms with E-state index in [1.165, 1.54) is 0 Å². The van der Waals surface area contributed by atoms with Crippen LogP contribution >= 0.6 is 11.6 Å². The van der Waals surface area contributed by atoms with Crippen molar-refractivity contribution in [3.05, 3.63) is 22.8 Å². The average Bonchev–Trinajstić information content (AvgIpc) is 2.18. The lowest BCUT2D eigenvalue weighted by molar-refractivity contribution is 0.571. The fourth-order valence-electron chi connectivity index (χ4n) is 1.28. The molecule has 0 radical (unpaired) electrons. The van der Waals surface area contributed by atoms with Gasteiger partial charge in [0.15, 0.2) is 0 Å². The van der Waals surface area contributed by atoms with E-state index in [1.807, 2.05) is 6.07 Å². The lowest BCUT2D eigenvalue weighted by atomic mass is 10.1. The summed E-state index contributed by atoms with van der Waals surface area (Å²) in [5, 5.41) is 3.96. The quantitative estimate of drug-likeness (QED) is 0.808. The van der Waals surface area contributed by atoms with Gasteiger partial charge in [0.05, 0.1) is 5.02 Å². The second-order valence-electron chi connectivity index (χ2n) is 3.30. The van der Waals surface area contributed by atoms with Crippen LogP contribution in [0.4, 0.5) is 5.82 Å². The van der Waals surface area contributed by atoms with E-state index in [4.69, 9.17) is 17.3 Å². The number of rotatable bonds is 4. The van der Waals surface area contributed by atoms with E-state index in [0.29, 0.717) is 10.8 Å². The van der Waals surface area contributed by atoms with Gasteiger partial charge in [0, 0.05) is 17.8 Å². The Hall–Kier alpha value is -0.800. The summed E-state index contributed by atoms with van der Waals surface area (Å²) in [6.45, 7) is 5.14. The van der Waals surface area contributed by atoms with Crippen molar-refractivity contribution in [2.24, 2.45) is 0 Å². The molecule has 1 heterocycles. The first-order valence-corrected chi connectivity index (χ1v) is 5.17. The third-order valence-electron chi connectivity index (χ3n) is 2.08. The molecule has 0 aliphatic rings. The number of anilines is 1. The standard InChI is InChI=1S/C10H16ClN3/c1-3-4-13-7(2)9-5-8(11)6-14-10(9)12/h5-7,13H,3-4H2,1-2H3,(H2,12,14). The number of aromatic nitrogens is 1. The zero-order chi connectivity index (χ0) is 10.6. The van der Waals surface area contributed by atoms with E-state index in [1.54, 1.807) is 6.20 Å². The highest BCUT2D eigenvalue weighted by Gasteiger charge is 2.09.